The zero-order valence-corrected chi connectivity index (χ0v) is 16.3. The lowest BCUT2D eigenvalue weighted by molar-refractivity contribution is -0.146. The van der Waals surface area contributed by atoms with E-state index in [2.05, 4.69) is 6.92 Å². The third-order valence-electron chi connectivity index (χ3n) is 5.37. The Kier molecular flexibility index (Phi) is 12.4. The van der Waals surface area contributed by atoms with Gasteiger partial charge in [0.15, 0.2) is 0 Å². The summed E-state index contributed by atoms with van der Waals surface area (Å²) in [5.41, 5.74) is 0. The molecule has 1 aliphatic heterocycles. The summed E-state index contributed by atoms with van der Waals surface area (Å²) in [4.78, 5) is 24.4. The van der Waals surface area contributed by atoms with Gasteiger partial charge in [0.1, 0.15) is 6.04 Å². The molecule has 0 bridgehead atoms. The smallest absolute Gasteiger partial charge is 0.326 e. The lowest BCUT2D eigenvalue weighted by atomic mass is 10.0. The van der Waals surface area contributed by atoms with Crippen LogP contribution in [0, 0.1) is 0 Å². The molecule has 0 aromatic carbocycles. The number of nitrogens with zero attached hydrogens (tertiary/aromatic N) is 1. The van der Waals surface area contributed by atoms with Gasteiger partial charge in [0.05, 0.1) is 0 Å². The molecule has 1 aliphatic rings. The molecule has 1 amide bonds. The van der Waals surface area contributed by atoms with Crippen molar-refractivity contribution in [2.45, 2.75) is 116 Å². The average Bonchev–Trinajstić information content (AvgIpc) is 2.96. The third-order valence-corrected chi connectivity index (χ3v) is 5.37. The van der Waals surface area contributed by atoms with Gasteiger partial charge in [0.2, 0.25) is 5.91 Å². The van der Waals surface area contributed by atoms with E-state index >= 15 is 0 Å². The highest BCUT2D eigenvalue weighted by Crippen LogP contribution is 2.20. The van der Waals surface area contributed by atoms with Crippen LogP contribution in [0.4, 0.5) is 0 Å². The normalized spacial score (nSPS) is 17.4. The van der Waals surface area contributed by atoms with Gasteiger partial charge in [0, 0.05) is 13.0 Å². The van der Waals surface area contributed by atoms with Crippen LogP contribution in [0.25, 0.3) is 0 Å². The quantitative estimate of drug-likeness (QED) is 0.370. The Morgan fingerprint density at radius 3 is 1.76 bits per heavy atom. The highest BCUT2D eigenvalue weighted by molar-refractivity contribution is 5.87. The van der Waals surface area contributed by atoms with E-state index < -0.39 is 12.0 Å². The lowest BCUT2D eigenvalue weighted by Gasteiger charge is -2.21. The van der Waals surface area contributed by atoms with Crippen molar-refractivity contribution >= 4 is 11.9 Å². The van der Waals surface area contributed by atoms with Crippen LogP contribution in [0.15, 0.2) is 0 Å². The fraction of sp³-hybridized carbons (Fsp3) is 0.905. The summed E-state index contributed by atoms with van der Waals surface area (Å²) in [6.07, 6.45) is 19.2. The minimum Gasteiger partial charge on any atom is -0.480 e. The highest BCUT2D eigenvalue weighted by atomic mass is 16.4. The predicted molar refractivity (Wildman–Crippen MR) is 103 cm³/mol. The Labute approximate surface area is 154 Å². The summed E-state index contributed by atoms with van der Waals surface area (Å²) in [7, 11) is 0. The second kappa shape index (κ2) is 14.1. The number of rotatable bonds is 16. The summed E-state index contributed by atoms with van der Waals surface area (Å²) in [6.45, 7) is 2.88. The number of hydrogen-bond acceptors (Lipinski definition) is 2. The molecule has 0 unspecified atom stereocenters. The molecule has 25 heavy (non-hydrogen) atoms. The maximum Gasteiger partial charge on any atom is 0.326 e. The maximum atomic E-state index is 11.7. The molecule has 4 nitrogen and oxygen atoms in total. The van der Waals surface area contributed by atoms with Crippen LogP contribution < -0.4 is 0 Å². The first-order chi connectivity index (χ1) is 12.2. The van der Waals surface area contributed by atoms with Crippen molar-refractivity contribution in [1.82, 2.24) is 4.90 Å². The molecule has 1 atom stereocenters. The summed E-state index contributed by atoms with van der Waals surface area (Å²) in [5.74, 6) is -0.835. The van der Waals surface area contributed by atoms with Gasteiger partial charge >= 0.3 is 5.97 Å². The molecule has 0 radical (unpaired) electrons. The van der Waals surface area contributed by atoms with Crippen LogP contribution in [0.3, 0.4) is 0 Å². The number of carbonyl (C=O) groups excluding carboxylic acids is 1. The van der Waals surface area contributed by atoms with Crippen molar-refractivity contribution in [2.24, 2.45) is 0 Å². The van der Waals surface area contributed by atoms with Gasteiger partial charge in [0.25, 0.3) is 0 Å². The van der Waals surface area contributed by atoms with E-state index in [0.717, 1.165) is 12.8 Å². The molecule has 0 aromatic heterocycles. The topological polar surface area (TPSA) is 57.6 Å². The molecule has 1 N–H and O–H groups in total. The maximum absolute atomic E-state index is 11.7. The van der Waals surface area contributed by atoms with E-state index in [1.807, 2.05) is 0 Å². The van der Waals surface area contributed by atoms with E-state index in [9.17, 15) is 9.59 Å². The Morgan fingerprint density at radius 2 is 1.32 bits per heavy atom. The van der Waals surface area contributed by atoms with E-state index in [4.69, 9.17) is 5.11 Å². The second-order valence-corrected chi connectivity index (χ2v) is 7.58. The van der Waals surface area contributed by atoms with Crippen LogP contribution in [0.2, 0.25) is 0 Å². The molecule has 146 valence electrons. The lowest BCUT2D eigenvalue weighted by Crippen LogP contribution is -2.39. The Hall–Kier alpha value is -1.06. The van der Waals surface area contributed by atoms with Gasteiger partial charge in [-0.15, -0.1) is 0 Å². The molecule has 0 saturated carbocycles. The number of carboxylic acids is 1. The highest BCUT2D eigenvalue weighted by Gasteiger charge is 2.35. The van der Waals surface area contributed by atoms with Crippen molar-refractivity contribution in [3.05, 3.63) is 0 Å². The summed E-state index contributed by atoms with van der Waals surface area (Å²) >= 11 is 0. The zero-order chi connectivity index (χ0) is 18.3. The van der Waals surface area contributed by atoms with Crippen molar-refractivity contribution in [1.29, 1.82) is 0 Å². The number of carboxylic acid groups (broad SMARTS) is 1. The minimum absolute atomic E-state index is 0.0158. The molecule has 0 spiro atoms. The molecular formula is C21H39NO3. The van der Waals surface area contributed by atoms with Crippen LogP contribution in [-0.2, 0) is 9.59 Å². The van der Waals surface area contributed by atoms with Crippen molar-refractivity contribution in [3.63, 3.8) is 0 Å². The van der Waals surface area contributed by atoms with Crippen molar-refractivity contribution in [2.75, 3.05) is 6.54 Å². The fourth-order valence-electron chi connectivity index (χ4n) is 3.75. The van der Waals surface area contributed by atoms with Crippen LogP contribution in [-0.4, -0.2) is 34.5 Å². The van der Waals surface area contributed by atoms with Crippen molar-refractivity contribution in [3.8, 4) is 0 Å². The minimum atomic E-state index is -0.851. The molecule has 1 heterocycles. The summed E-state index contributed by atoms with van der Waals surface area (Å²) < 4.78 is 0. The first kappa shape index (κ1) is 22.0. The number of hydrogen-bond donors (Lipinski definition) is 1. The Morgan fingerprint density at radius 1 is 0.880 bits per heavy atom. The Bertz CT molecular complexity index is 370. The summed E-state index contributed by atoms with van der Waals surface area (Å²) in [6, 6.07) is -0.575. The van der Waals surface area contributed by atoms with E-state index in [1.165, 1.54) is 77.0 Å². The summed E-state index contributed by atoms with van der Waals surface area (Å²) in [5, 5.41) is 9.12. The SMILES string of the molecule is CCCCCCCCCCCCCCCCN1C(=O)CC[C@H]1C(=O)O. The number of unbranched alkanes of at least 4 members (excludes halogenated alkanes) is 13. The van der Waals surface area contributed by atoms with Crippen LogP contribution in [0.5, 0.6) is 0 Å². The number of amides is 1. The molecule has 0 aliphatic carbocycles. The second-order valence-electron chi connectivity index (χ2n) is 7.58. The standard InChI is InChI=1S/C21H39NO3/c1-2-3-4-5-6-7-8-9-10-11-12-13-14-15-18-22-19(21(24)25)16-17-20(22)23/h19H,2-18H2,1H3,(H,24,25)/t19-/m0/s1. The number of aliphatic carboxylic acids is 1. The first-order valence-electron chi connectivity index (χ1n) is 10.7. The van der Waals surface area contributed by atoms with E-state index in [1.54, 1.807) is 4.90 Å². The monoisotopic (exact) mass is 353 g/mol. The largest absolute Gasteiger partial charge is 0.480 e. The van der Waals surface area contributed by atoms with Gasteiger partial charge in [-0.05, 0) is 12.8 Å². The number of likely N-dealkylation sites (tertiary alicyclic amines) is 1. The molecule has 1 saturated heterocycles. The van der Waals surface area contributed by atoms with Crippen LogP contribution >= 0.6 is 0 Å². The first-order valence-corrected chi connectivity index (χ1v) is 10.7. The number of carbonyl (C=O) groups is 2. The van der Waals surface area contributed by atoms with Crippen molar-refractivity contribution < 1.29 is 14.7 Å². The van der Waals surface area contributed by atoms with Gasteiger partial charge in [-0.25, -0.2) is 4.79 Å². The average molecular weight is 354 g/mol. The molecular weight excluding hydrogens is 314 g/mol. The van der Waals surface area contributed by atoms with Gasteiger partial charge in [-0.2, -0.15) is 0 Å². The Balaban J connectivity index is 1.86. The third kappa shape index (κ3) is 9.86. The fourth-order valence-corrected chi connectivity index (χ4v) is 3.75. The predicted octanol–water partition coefficient (Wildman–Crippen LogP) is 5.54. The molecule has 1 rings (SSSR count). The van der Waals surface area contributed by atoms with E-state index in [0.29, 0.717) is 19.4 Å². The van der Waals surface area contributed by atoms with Crippen LogP contribution in [0.1, 0.15) is 110 Å². The molecule has 0 aromatic rings. The van der Waals surface area contributed by atoms with Gasteiger partial charge in [-0.1, -0.05) is 90.4 Å². The van der Waals surface area contributed by atoms with Gasteiger partial charge < -0.3 is 10.0 Å². The van der Waals surface area contributed by atoms with E-state index in [-0.39, 0.29) is 5.91 Å². The molecule has 4 heteroatoms. The molecule has 1 fully saturated rings. The van der Waals surface area contributed by atoms with Gasteiger partial charge in [-0.3, -0.25) is 4.79 Å². The zero-order valence-electron chi connectivity index (χ0n) is 16.3.